The number of carbonyl (C=O) groups is 2. The molecule has 1 amide bonds. The minimum atomic E-state index is -0.374. The Bertz CT molecular complexity index is 899. The number of carbonyl (C=O) groups excluding carboxylic acids is 2. The van der Waals surface area contributed by atoms with Gasteiger partial charge in [-0.25, -0.2) is 4.79 Å². The van der Waals surface area contributed by atoms with Crippen LogP contribution in [0, 0.1) is 0 Å². The third-order valence-electron chi connectivity index (χ3n) is 6.44. The Balaban J connectivity index is 1.28. The maximum Gasteiger partial charge on any atom is 0.409 e. The molecule has 2 aromatic rings. The summed E-state index contributed by atoms with van der Waals surface area (Å²) in [5.74, 6) is -0.123. The Morgan fingerprint density at radius 2 is 1.43 bits per heavy atom. The molecule has 0 atom stereocenters. The first-order valence-corrected chi connectivity index (χ1v) is 12.9. The van der Waals surface area contributed by atoms with Crippen molar-refractivity contribution in [3.05, 3.63) is 59.7 Å². The molecule has 0 heterocycles. The van der Waals surface area contributed by atoms with Crippen LogP contribution in [-0.4, -0.2) is 57.0 Å². The van der Waals surface area contributed by atoms with E-state index in [9.17, 15) is 9.59 Å². The van der Waals surface area contributed by atoms with Crippen LogP contribution in [0.15, 0.2) is 48.5 Å². The van der Waals surface area contributed by atoms with Gasteiger partial charge in [0.05, 0.1) is 13.2 Å². The van der Waals surface area contributed by atoms with Gasteiger partial charge in [-0.3, -0.25) is 4.79 Å². The Kier molecular flexibility index (Phi) is 11.1. The van der Waals surface area contributed by atoms with Gasteiger partial charge in [-0.2, -0.15) is 0 Å². The zero-order valence-electron chi connectivity index (χ0n) is 21.2. The molecule has 6 nitrogen and oxygen atoms in total. The second-order valence-electron chi connectivity index (χ2n) is 9.08. The fourth-order valence-electron chi connectivity index (χ4n) is 4.44. The Morgan fingerprint density at radius 1 is 0.800 bits per heavy atom. The van der Waals surface area contributed by atoms with Gasteiger partial charge in [0.15, 0.2) is 0 Å². The smallest absolute Gasteiger partial charge is 0.409 e. The molecule has 3 rings (SSSR count). The maximum atomic E-state index is 12.5. The molecule has 0 fully saturated rings. The third kappa shape index (κ3) is 8.10. The van der Waals surface area contributed by atoms with Gasteiger partial charge in [0.1, 0.15) is 13.2 Å². The largest absolute Gasteiger partial charge is 0.463 e. The zero-order valence-corrected chi connectivity index (χ0v) is 21.2. The molecule has 0 bridgehead atoms. The number of likely N-dealkylation sites (N-methyl/N-ethyl adjacent to an activating group) is 1. The highest BCUT2D eigenvalue weighted by atomic mass is 16.6. The van der Waals surface area contributed by atoms with E-state index >= 15 is 0 Å². The monoisotopic (exact) mass is 481 g/mol. The van der Waals surface area contributed by atoms with Crippen LogP contribution in [0.2, 0.25) is 0 Å². The number of hydrogen-bond donors (Lipinski definition) is 0. The molecule has 0 aliphatic heterocycles. The van der Waals surface area contributed by atoms with Crippen LogP contribution in [0.4, 0.5) is 4.79 Å². The van der Waals surface area contributed by atoms with Crippen molar-refractivity contribution < 1.29 is 23.8 Å². The molecule has 0 saturated carbocycles. The summed E-state index contributed by atoms with van der Waals surface area (Å²) in [4.78, 5) is 25.8. The van der Waals surface area contributed by atoms with E-state index in [0.29, 0.717) is 32.8 Å². The molecule has 0 spiro atoms. The van der Waals surface area contributed by atoms with Gasteiger partial charge in [0.2, 0.25) is 0 Å². The number of hydrogen-bond acceptors (Lipinski definition) is 5. The second-order valence-corrected chi connectivity index (χ2v) is 9.08. The number of benzene rings is 2. The minimum absolute atomic E-state index is 0.0435. The summed E-state index contributed by atoms with van der Waals surface area (Å²) in [6.45, 7) is 3.81. The number of esters is 1. The van der Waals surface area contributed by atoms with Crippen molar-refractivity contribution in [1.82, 2.24) is 4.90 Å². The van der Waals surface area contributed by atoms with Crippen molar-refractivity contribution >= 4 is 12.1 Å². The predicted molar refractivity (Wildman–Crippen MR) is 137 cm³/mol. The quantitative estimate of drug-likeness (QED) is 0.225. The molecule has 0 unspecified atom stereocenters. The maximum absolute atomic E-state index is 12.5. The van der Waals surface area contributed by atoms with Crippen molar-refractivity contribution in [3.8, 4) is 11.1 Å². The highest BCUT2D eigenvalue weighted by molar-refractivity contribution is 5.79. The molecule has 1 aliphatic carbocycles. The van der Waals surface area contributed by atoms with Crippen LogP contribution in [0.1, 0.15) is 68.9 Å². The topological polar surface area (TPSA) is 65.1 Å². The Morgan fingerprint density at radius 3 is 2.11 bits per heavy atom. The van der Waals surface area contributed by atoms with Gasteiger partial charge in [0, 0.05) is 25.9 Å². The first-order chi connectivity index (χ1) is 17.1. The van der Waals surface area contributed by atoms with Crippen molar-refractivity contribution in [3.63, 3.8) is 0 Å². The molecule has 0 radical (unpaired) electrons. The van der Waals surface area contributed by atoms with E-state index in [2.05, 4.69) is 31.2 Å². The summed E-state index contributed by atoms with van der Waals surface area (Å²) in [5.41, 5.74) is 4.80. The van der Waals surface area contributed by atoms with Crippen molar-refractivity contribution in [2.45, 2.75) is 57.8 Å². The number of ether oxygens (including phenoxy) is 3. The summed E-state index contributed by atoms with van der Waals surface area (Å²) >= 11 is 0. The molecule has 190 valence electrons. The first kappa shape index (κ1) is 26.7. The predicted octanol–water partition coefficient (Wildman–Crippen LogP) is 6.18. The van der Waals surface area contributed by atoms with Gasteiger partial charge in [-0.05, 0) is 28.7 Å². The van der Waals surface area contributed by atoms with Crippen LogP contribution < -0.4 is 0 Å². The molecule has 2 aromatic carbocycles. The van der Waals surface area contributed by atoms with E-state index in [1.807, 2.05) is 24.3 Å². The molecular weight excluding hydrogens is 442 g/mol. The first-order valence-electron chi connectivity index (χ1n) is 12.9. The van der Waals surface area contributed by atoms with E-state index in [1.54, 1.807) is 7.05 Å². The lowest BCUT2D eigenvalue weighted by Gasteiger charge is -2.19. The highest BCUT2D eigenvalue weighted by Crippen LogP contribution is 2.44. The van der Waals surface area contributed by atoms with E-state index in [1.165, 1.54) is 52.8 Å². The zero-order chi connectivity index (χ0) is 24.9. The lowest BCUT2D eigenvalue weighted by Crippen LogP contribution is -2.32. The van der Waals surface area contributed by atoms with E-state index in [0.717, 1.165) is 12.8 Å². The highest BCUT2D eigenvalue weighted by Gasteiger charge is 2.29. The Labute approximate surface area is 209 Å². The van der Waals surface area contributed by atoms with E-state index in [-0.39, 0.29) is 24.6 Å². The second kappa shape index (κ2) is 14.5. The average Bonchev–Trinajstić information content (AvgIpc) is 3.20. The van der Waals surface area contributed by atoms with E-state index in [4.69, 9.17) is 14.2 Å². The van der Waals surface area contributed by atoms with Crippen LogP contribution in [0.25, 0.3) is 11.1 Å². The summed E-state index contributed by atoms with van der Waals surface area (Å²) in [6.07, 6.45) is 6.96. The molecule has 35 heavy (non-hydrogen) atoms. The molecule has 0 aromatic heterocycles. The fourth-order valence-corrected chi connectivity index (χ4v) is 4.44. The lowest BCUT2D eigenvalue weighted by atomic mass is 9.98. The number of amides is 1. The SMILES string of the molecule is CCCCCCCCC(=O)OCCOCCN(C)C(=O)OCC1c2ccccc2-c2ccccc21. The Hall–Kier alpha value is -2.86. The molecule has 6 heteroatoms. The van der Waals surface area contributed by atoms with Gasteiger partial charge < -0.3 is 19.1 Å². The average molecular weight is 482 g/mol. The summed E-state index contributed by atoms with van der Waals surface area (Å²) in [5, 5.41) is 0. The number of rotatable bonds is 15. The van der Waals surface area contributed by atoms with Crippen LogP contribution in [-0.2, 0) is 19.0 Å². The summed E-state index contributed by atoms with van der Waals surface area (Å²) < 4.78 is 16.4. The van der Waals surface area contributed by atoms with Crippen LogP contribution in [0.3, 0.4) is 0 Å². The van der Waals surface area contributed by atoms with Gasteiger partial charge in [0.25, 0.3) is 0 Å². The standard InChI is InChI=1S/C29H39NO5/c1-3-4-5-6-7-8-17-28(31)34-21-20-33-19-18-30(2)29(32)35-22-27-25-15-11-9-13-23(25)24-14-10-12-16-26(24)27/h9-16,27H,3-8,17-22H2,1-2H3. The fraction of sp³-hybridized carbons (Fsp3) is 0.517. The molecule has 1 aliphatic rings. The van der Waals surface area contributed by atoms with Gasteiger partial charge >= 0.3 is 12.1 Å². The van der Waals surface area contributed by atoms with Crippen molar-refractivity contribution in [1.29, 1.82) is 0 Å². The molecule has 0 saturated heterocycles. The number of unbranched alkanes of at least 4 members (excludes halogenated alkanes) is 5. The van der Waals surface area contributed by atoms with Gasteiger partial charge in [-0.15, -0.1) is 0 Å². The summed E-state index contributed by atoms with van der Waals surface area (Å²) in [6, 6.07) is 16.6. The summed E-state index contributed by atoms with van der Waals surface area (Å²) in [7, 11) is 1.70. The normalized spacial score (nSPS) is 12.2. The van der Waals surface area contributed by atoms with Crippen LogP contribution in [0.5, 0.6) is 0 Å². The van der Waals surface area contributed by atoms with Crippen molar-refractivity contribution in [2.75, 3.05) is 40.0 Å². The molecular formula is C29H39NO5. The molecule has 0 N–H and O–H groups in total. The van der Waals surface area contributed by atoms with Crippen LogP contribution >= 0.6 is 0 Å². The van der Waals surface area contributed by atoms with Crippen molar-refractivity contribution in [2.24, 2.45) is 0 Å². The number of nitrogens with zero attached hydrogens (tertiary/aromatic N) is 1. The number of fused-ring (bicyclic) bond motifs is 3. The third-order valence-corrected chi connectivity index (χ3v) is 6.44. The minimum Gasteiger partial charge on any atom is -0.463 e. The van der Waals surface area contributed by atoms with Gasteiger partial charge in [-0.1, -0.05) is 87.6 Å². The lowest BCUT2D eigenvalue weighted by molar-refractivity contribution is -0.145. The van der Waals surface area contributed by atoms with E-state index < -0.39 is 0 Å².